The van der Waals surface area contributed by atoms with Gasteiger partial charge in [-0.1, -0.05) is 15.9 Å². The number of hydrogen-bond donors (Lipinski definition) is 0. The van der Waals surface area contributed by atoms with Crippen molar-refractivity contribution in [2.45, 2.75) is 12.2 Å². The first-order chi connectivity index (χ1) is 8.78. The molecule has 0 spiro atoms. The van der Waals surface area contributed by atoms with Crippen LogP contribution < -0.4 is 4.74 Å². The highest BCUT2D eigenvalue weighted by Crippen LogP contribution is 2.17. The van der Waals surface area contributed by atoms with E-state index in [0.717, 1.165) is 10.2 Å². The van der Waals surface area contributed by atoms with Crippen molar-refractivity contribution in [2.75, 3.05) is 33.5 Å². The molecule has 4 nitrogen and oxygen atoms in total. The molecule has 0 aromatic heterocycles. The molecule has 1 aromatic rings. The van der Waals surface area contributed by atoms with Crippen LogP contribution in [0.25, 0.3) is 0 Å². The maximum Gasteiger partial charge on any atom is 0.119 e. The SMILES string of the molecule is COC[C@@H]1COC[C@H](COc2ccc(Br)cc2)O1. The van der Waals surface area contributed by atoms with E-state index in [1.165, 1.54) is 0 Å². The Bertz CT molecular complexity index is 353. The van der Waals surface area contributed by atoms with Crippen LogP contribution in [0.4, 0.5) is 0 Å². The first kappa shape index (κ1) is 13.8. The Balaban J connectivity index is 1.77. The number of rotatable bonds is 5. The number of ether oxygens (including phenoxy) is 4. The fourth-order valence-electron chi connectivity index (χ4n) is 1.76. The number of methoxy groups -OCH3 is 1. The standard InChI is InChI=1S/C13H17BrO4/c1-15-6-12-7-16-8-13(18-12)9-17-11-4-2-10(14)3-5-11/h2-5,12-13H,6-9H2,1H3/t12-,13-/m1/s1. The third kappa shape index (κ3) is 4.24. The molecule has 0 unspecified atom stereocenters. The van der Waals surface area contributed by atoms with Crippen LogP contribution in [0.3, 0.4) is 0 Å². The first-order valence-electron chi connectivity index (χ1n) is 5.88. The average molecular weight is 317 g/mol. The van der Waals surface area contributed by atoms with Crippen LogP contribution in [-0.2, 0) is 14.2 Å². The topological polar surface area (TPSA) is 36.9 Å². The van der Waals surface area contributed by atoms with E-state index in [1.54, 1.807) is 7.11 Å². The second-order valence-corrected chi connectivity index (χ2v) is 5.05. The van der Waals surface area contributed by atoms with Crippen molar-refractivity contribution in [3.63, 3.8) is 0 Å². The highest BCUT2D eigenvalue weighted by Gasteiger charge is 2.23. The summed E-state index contributed by atoms with van der Waals surface area (Å²) in [4.78, 5) is 0. The summed E-state index contributed by atoms with van der Waals surface area (Å²) in [5, 5.41) is 0. The van der Waals surface area contributed by atoms with Crippen molar-refractivity contribution in [1.29, 1.82) is 0 Å². The van der Waals surface area contributed by atoms with Gasteiger partial charge in [0.1, 0.15) is 24.6 Å². The molecule has 1 aliphatic heterocycles. The minimum atomic E-state index is -0.0393. The van der Waals surface area contributed by atoms with Gasteiger partial charge in [0.2, 0.25) is 0 Å². The highest BCUT2D eigenvalue weighted by atomic mass is 79.9. The zero-order chi connectivity index (χ0) is 12.8. The predicted molar refractivity (Wildman–Crippen MR) is 71.0 cm³/mol. The molecule has 0 radical (unpaired) electrons. The quantitative estimate of drug-likeness (QED) is 0.835. The van der Waals surface area contributed by atoms with E-state index in [9.17, 15) is 0 Å². The van der Waals surface area contributed by atoms with E-state index in [-0.39, 0.29) is 12.2 Å². The fraction of sp³-hybridized carbons (Fsp3) is 0.538. The Kier molecular flexibility index (Phi) is 5.44. The fourth-order valence-corrected chi connectivity index (χ4v) is 2.03. The third-order valence-electron chi connectivity index (χ3n) is 2.59. The Morgan fingerprint density at radius 3 is 2.50 bits per heavy atom. The summed E-state index contributed by atoms with van der Waals surface area (Å²) in [6, 6.07) is 7.73. The lowest BCUT2D eigenvalue weighted by molar-refractivity contribution is -0.162. The van der Waals surface area contributed by atoms with E-state index in [1.807, 2.05) is 24.3 Å². The van der Waals surface area contributed by atoms with Gasteiger partial charge in [0.15, 0.2) is 0 Å². The molecule has 1 saturated heterocycles. The lowest BCUT2D eigenvalue weighted by Crippen LogP contribution is -2.41. The minimum absolute atomic E-state index is 0.00210. The molecule has 0 bridgehead atoms. The number of halogens is 1. The summed E-state index contributed by atoms with van der Waals surface area (Å²) in [5.41, 5.74) is 0. The summed E-state index contributed by atoms with van der Waals surface area (Å²) in [7, 11) is 1.66. The van der Waals surface area contributed by atoms with E-state index in [2.05, 4.69) is 15.9 Å². The third-order valence-corrected chi connectivity index (χ3v) is 3.12. The average Bonchev–Trinajstić information content (AvgIpc) is 2.39. The Morgan fingerprint density at radius 1 is 1.17 bits per heavy atom. The van der Waals surface area contributed by atoms with Crippen molar-refractivity contribution in [1.82, 2.24) is 0 Å². The van der Waals surface area contributed by atoms with Gasteiger partial charge in [-0.2, -0.15) is 0 Å². The van der Waals surface area contributed by atoms with E-state index < -0.39 is 0 Å². The molecule has 100 valence electrons. The van der Waals surface area contributed by atoms with Gasteiger partial charge in [0, 0.05) is 11.6 Å². The zero-order valence-electron chi connectivity index (χ0n) is 10.3. The molecule has 0 N–H and O–H groups in total. The largest absolute Gasteiger partial charge is 0.491 e. The van der Waals surface area contributed by atoms with Crippen LogP contribution in [-0.4, -0.2) is 45.7 Å². The molecule has 0 aliphatic carbocycles. The Morgan fingerprint density at radius 2 is 1.83 bits per heavy atom. The molecule has 1 aromatic carbocycles. The van der Waals surface area contributed by atoms with Gasteiger partial charge in [0.05, 0.1) is 19.8 Å². The van der Waals surface area contributed by atoms with Gasteiger partial charge in [-0.15, -0.1) is 0 Å². The van der Waals surface area contributed by atoms with Gasteiger partial charge >= 0.3 is 0 Å². The molecular formula is C13H17BrO4. The van der Waals surface area contributed by atoms with E-state index >= 15 is 0 Å². The van der Waals surface area contributed by atoms with Crippen molar-refractivity contribution in [3.8, 4) is 5.75 Å². The molecule has 18 heavy (non-hydrogen) atoms. The van der Waals surface area contributed by atoms with Gasteiger partial charge in [0.25, 0.3) is 0 Å². The van der Waals surface area contributed by atoms with Crippen LogP contribution in [0.5, 0.6) is 5.75 Å². The zero-order valence-corrected chi connectivity index (χ0v) is 11.9. The second kappa shape index (κ2) is 7.09. The lowest BCUT2D eigenvalue weighted by Gasteiger charge is -2.29. The first-order valence-corrected chi connectivity index (χ1v) is 6.67. The maximum atomic E-state index is 5.79. The number of benzene rings is 1. The van der Waals surface area contributed by atoms with Crippen molar-refractivity contribution < 1.29 is 18.9 Å². The lowest BCUT2D eigenvalue weighted by atomic mass is 10.3. The monoisotopic (exact) mass is 316 g/mol. The molecule has 1 aliphatic rings. The highest BCUT2D eigenvalue weighted by molar-refractivity contribution is 9.10. The van der Waals surface area contributed by atoms with Crippen molar-refractivity contribution in [2.24, 2.45) is 0 Å². The summed E-state index contributed by atoms with van der Waals surface area (Å²) in [6.45, 7) is 2.19. The molecule has 0 amide bonds. The van der Waals surface area contributed by atoms with E-state index in [0.29, 0.717) is 26.4 Å². The smallest absolute Gasteiger partial charge is 0.119 e. The van der Waals surface area contributed by atoms with Gasteiger partial charge in [-0.25, -0.2) is 0 Å². The van der Waals surface area contributed by atoms with E-state index in [4.69, 9.17) is 18.9 Å². The van der Waals surface area contributed by atoms with Crippen LogP contribution in [0, 0.1) is 0 Å². The summed E-state index contributed by atoms with van der Waals surface area (Å²) in [5.74, 6) is 0.829. The van der Waals surface area contributed by atoms with Crippen molar-refractivity contribution in [3.05, 3.63) is 28.7 Å². The van der Waals surface area contributed by atoms with Crippen LogP contribution in [0.1, 0.15) is 0 Å². The van der Waals surface area contributed by atoms with Crippen LogP contribution in [0.2, 0.25) is 0 Å². The molecule has 1 fully saturated rings. The molecular weight excluding hydrogens is 300 g/mol. The molecule has 2 atom stereocenters. The summed E-state index contributed by atoms with van der Waals surface area (Å²) in [6.07, 6.45) is -0.0372. The van der Waals surface area contributed by atoms with Crippen LogP contribution in [0.15, 0.2) is 28.7 Å². The Hall–Kier alpha value is -0.620. The van der Waals surface area contributed by atoms with Gasteiger partial charge in [-0.3, -0.25) is 0 Å². The van der Waals surface area contributed by atoms with Crippen molar-refractivity contribution >= 4 is 15.9 Å². The maximum absolute atomic E-state index is 5.79. The summed E-state index contributed by atoms with van der Waals surface area (Å²) < 4.78 is 23.0. The minimum Gasteiger partial charge on any atom is -0.491 e. The number of hydrogen-bond acceptors (Lipinski definition) is 4. The summed E-state index contributed by atoms with van der Waals surface area (Å²) >= 11 is 3.38. The van der Waals surface area contributed by atoms with Gasteiger partial charge < -0.3 is 18.9 Å². The van der Waals surface area contributed by atoms with Gasteiger partial charge in [-0.05, 0) is 24.3 Å². The second-order valence-electron chi connectivity index (χ2n) is 4.14. The predicted octanol–water partition coefficient (Wildman–Crippen LogP) is 2.26. The molecule has 0 saturated carbocycles. The normalized spacial score (nSPS) is 23.9. The molecule has 5 heteroatoms. The molecule has 1 heterocycles. The Labute approximate surface area is 115 Å². The van der Waals surface area contributed by atoms with Crippen LogP contribution >= 0.6 is 15.9 Å². The molecule has 2 rings (SSSR count).